The molecule has 0 amide bonds. The molecule has 0 bridgehead atoms. The van der Waals surface area contributed by atoms with Gasteiger partial charge in [0.25, 0.3) is 0 Å². The van der Waals surface area contributed by atoms with Gasteiger partial charge in [-0.15, -0.1) is 15.0 Å². The minimum Gasteiger partial charge on any atom is -0.435 e. The number of tetrazole rings is 1. The Morgan fingerprint density at radius 3 is 2.32 bits per heavy atom. The standard InChI is InChI=1S/C37H40ClN7O11/c1-5-7-16-31-39-33(38)32(35(46)54-24(4)55-36(47)51-6-2)43(31)21-25-17-19-26(20-18-25)28-13-9-10-14-29(28)34-40-42-44(41-34)23(3)53-37(48)56-30-15-11-8-12-27(30)22-52-45(49)50/h8-15,17-20,23-24,49-50H,5-7,16,21-22H2,1-4H3. The lowest BCUT2D eigenvalue weighted by atomic mass is 9.98. The molecule has 0 aliphatic carbocycles. The summed E-state index contributed by atoms with van der Waals surface area (Å²) in [4.78, 5) is 47.8. The summed E-state index contributed by atoms with van der Waals surface area (Å²) in [6, 6.07) is 21.4. The number of aryl methyl sites for hydroxylation is 1. The lowest BCUT2D eigenvalue weighted by Crippen LogP contribution is -2.24. The van der Waals surface area contributed by atoms with Crippen LogP contribution in [-0.2, 0) is 43.4 Å². The van der Waals surface area contributed by atoms with Gasteiger partial charge in [-0.2, -0.15) is 0 Å². The number of hydrogen-bond donors (Lipinski definition) is 2. The summed E-state index contributed by atoms with van der Waals surface area (Å²) in [7, 11) is 0. The van der Waals surface area contributed by atoms with E-state index in [1.165, 1.54) is 19.9 Å². The molecule has 19 heteroatoms. The highest BCUT2D eigenvalue weighted by atomic mass is 35.5. The topological polar surface area (TPSA) is 212 Å². The van der Waals surface area contributed by atoms with Crippen molar-refractivity contribution >= 4 is 29.9 Å². The molecule has 3 aromatic carbocycles. The fourth-order valence-corrected chi connectivity index (χ4v) is 5.69. The van der Waals surface area contributed by atoms with E-state index in [-0.39, 0.29) is 42.2 Å². The molecule has 0 aliphatic rings. The maximum absolute atomic E-state index is 13.3. The molecular weight excluding hydrogens is 754 g/mol. The average Bonchev–Trinajstić information content (AvgIpc) is 3.78. The number of nitrogens with zero attached hydrogens (tertiary/aromatic N) is 7. The van der Waals surface area contributed by atoms with Gasteiger partial charge in [0.2, 0.25) is 18.3 Å². The molecule has 0 aliphatic heterocycles. The average molecular weight is 794 g/mol. The molecule has 0 saturated heterocycles. The molecule has 56 heavy (non-hydrogen) atoms. The van der Waals surface area contributed by atoms with E-state index in [4.69, 9.17) is 45.7 Å². The smallest absolute Gasteiger partial charge is 0.435 e. The van der Waals surface area contributed by atoms with E-state index in [0.29, 0.717) is 23.4 Å². The third-order valence-electron chi connectivity index (χ3n) is 8.04. The molecule has 18 nitrogen and oxygen atoms in total. The van der Waals surface area contributed by atoms with Crippen LogP contribution in [0.3, 0.4) is 0 Å². The van der Waals surface area contributed by atoms with Crippen LogP contribution in [0.15, 0.2) is 72.8 Å². The third-order valence-corrected chi connectivity index (χ3v) is 8.31. The van der Waals surface area contributed by atoms with E-state index >= 15 is 0 Å². The zero-order chi connectivity index (χ0) is 40.2. The number of halogens is 1. The Balaban J connectivity index is 1.30. The predicted molar refractivity (Wildman–Crippen MR) is 195 cm³/mol. The van der Waals surface area contributed by atoms with Gasteiger partial charge in [0, 0.05) is 31.0 Å². The number of hydrogen-bond acceptors (Lipinski definition) is 16. The van der Waals surface area contributed by atoms with Crippen LogP contribution in [0.25, 0.3) is 22.5 Å². The molecule has 0 radical (unpaired) electrons. The van der Waals surface area contributed by atoms with Gasteiger partial charge in [-0.05, 0) is 48.2 Å². The van der Waals surface area contributed by atoms with Crippen LogP contribution in [-0.4, -0.2) is 76.7 Å². The van der Waals surface area contributed by atoms with Crippen molar-refractivity contribution in [1.29, 1.82) is 0 Å². The first-order valence-corrected chi connectivity index (χ1v) is 17.9. The van der Waals surface area contributed by atoms with E-state index in [1.54, 1.807) is 29.7 Å². The molecule has 2 unspecified atom stereocenters. The maximum atomic E-state index is 13.3. The summed E-state index contributed by atoms with van der Waals surface area (Å²) < 4.78 is 27.5. The van der Waals surface area contributed by atoms with Gasteiger partial charge >= 0.3 is 18.3 Å². The van der Waals surface area contributed by atoms with Crippen molar-refractivity contribution in [2.75, 3.05) is 6.61 Å². The summed E-state index contributed by atoms with van der Waals surface area (Å²) in [5, 5.41) is 29.9. The Morgan fingerprint density at radius 1 is 0.893 bits per heavy atom. The molecule has 2 aromatic heterocycles. The number of carbonyl (C=O) groups is 3. The number of ether oxygens (including phenoxy) is 5. The van der Waals surface area contributed by atoms with Crippen LogP contribution < -0.4 is 4.74 Å². The first kappa shape index (κ1) is 41.2. The third kappa shape index (κ3) is 10.9. The van der Waals surface area contributed by atoms with Crippen LogP contribution in [0.1, 0.15) is 74.2 Å². The molecule has 5 rings (SSSR count). The highest BCUT2D eigenvalue weighted by Crippen LogP contribution is 2.31. The number of carbonyl (C=O) groups excluding carboxylic acids is 3. The Kier molecular flexibility index (Phi) is 14.4. The van der Waals surface area contributed by atoms with E-state index in [2.05, 4.69) is 25.2 Å². The van der Waals surface area contributed by atoms with E-state index in [1.807, 2.05) is 55.5 Å². The van der Waals surface area contributed by atoms with Gasteiger partial charge in [0.15, 0.2) is 10.8 Å². The van der Waals surface area contributed by atoms with E-state index in [9.17, 15) is 14.4 Å². The Morgan fingerprint density at radius 2 is 1.61 bits per heavy atom. The SMILES string of the molecule is CCCCc1nc(Cl)c(C(=O)OC(C)OC(=O)OCC)n1Cc1ccc(-c2ccccc2-c2nnn(C(C)OC(=O)Oc3ccccc3CON(O)O)n2)cc1. The number of rotatable bonds is 17. The molecule has 5 aromatic rings. The number of para-hydroxylation sites is 1. The number of imidazole rings is 1. The molecule has 2 heterocycles. The Bertz CT molecular complexity index is 2110. The van der Waals surface area contributed by atoms with Gasteiger partial charge < -0.3 is 28.3 Å². The second kappa shape index (κ2) is 19.6. The minimum absolute atomic E-state index is 0.0261. The van der Waals surface area contributed by atoms with Crippen molar-refractivity contribution < 1.29 is 53.3 Å². The van der Waals surface area contributed by atoms with Crippen LogP contribution in [0.5, 0.6) is 5.75 Å². The molecule has 0 saturated carbocycles. The Hall–Kier alpha value is -5.92. The fraction of sp³-hybridized carbons (Fsp3) is 0.324. The quantitative estimate of drug-likeness (QED) is 0.0314. The highest BCUT2D eigenvalue weighted by Gasteiger charge is 2.26. The molecule has 296 valence electrons. The first-order chi connectivity index (χ1) is 27.0. The van der Waals surface area contributed by atoms with Crippen molar-refractivity contribution in [3.8, 4) is 28.3 Å². The number of aromatic nitrogens is 6. The number of esters is 1. The zero-order valence-corrected chi connectivity index (χ0v) is 31.7. The van der Waals surface area contributed by atoms with Gasteiger partial charge in [-0.3, -0.25) is 10.4 Å². The van der Waals surface area contributed by atoms with Crippen LogP contribution in [0.2, 0.25) is 5.15 Å². The van der Waals surface area contributed by atoms with Crippen molar-refractivity contribution in [3.63, 3.8) is 0 Å². The number of benzene rings is 3. The minimum atomic E-state index is -1.23. The molecule has 2 N–H and O–H groups in total. The molecule has 0 spiro atoms. The molecule has 2 atom stereocenters. The van der Waals surface area contributed by atoms with Crippen molar-refractivity contribution in [3.05, 3.63) is 101 Å². The monoisotopic (exact) mass is 793 g/mol. The molecular formula is C37H40ClN7O11. The summed E-state index contributed by atoms with van der Waals surface area (Å²) in [6.45, 7) is 6.66. The number of unbranched alkanes of at least 4 members (excludes halogenated alkanes) is 1. The van der Waals surface area contributed by atoms with Crippen molar-refractivity contribution in [2.45, 2.75) is 72.6 Å². The summed E-state index contributed by atoms with van der Waals surface area (Å²) in [5.74, 6) is 0.153. The Labute approximate surface area is 325 Å². The van der Waals surface area contributed by atoms with Gasteiger partial charge in [0.1, 0.15) is 18.2 Å². The van der Waals surface area contributed by atoms with Crippen LogP contribution in [0.4, 0.5) is 9.59 Å². The lowest BCUT2D eigenvalue weighted by molar-refractivity contribution is -0.497. The predicted octanol–water partition coefficient (Wildman–Crippen LogP) is 7.17. The normalized spacial score (nSPS) is 12.2. The maximum Gasteiger partial charge on any atom is 0.515 e. The molecule has 0 fully saturated rings. The van der Waals surface area contributed by atoms with Crippen molar-refractivity contribution in [2.24, 2.45) is 0 Å². The van der Waals surface area contributed by atoms with Gasteiger partial charge in [-0.1, -0.05) is 91.7 Å². The lowest BCUT2D eigenvalue weighted by Gasteiger charge is -2.16. The second-order valence-corrected chi connectivity index (χ2v) is 12.4. The van der Waals surface area contributed by atoms with E-state index in [0.717, 1.165) is 34.3 Å². The summed E-state index contributed by atoms with van der Waals surface area (Å²) >= 11 is 6.48. The van der Waals surface area contributed by atoms with Crippen LogP contribution in [0, 0.1) is 0 Å². The van der Waals surface area contributed by atoms with Crippen LogP contribution >= 0.6 is 11.6 Å². The second-order valence-electron chi connectivity index (χ2n) is 12.0. The van der Waals surface area contributed by atoms with Gasteiger partial charge in [-0.25, -0.2) is 24.2 Å². The highest BCUT2D eigenvalue weighted by molar-refractivity contribution is 6.32. The fourth-order valence-electron chi connectivity index (χ4n) is 5.41. The first-order valence-electron chi connectivity index (χ1n) is 17.5. The zero-order valence-electron chi connectivity index (χ0n) is 30.9. The van der Waals surface area contributed by atoms with Crippen molar-refractivity contribution in [1.82, 2.24) is 35.1 Å². The largest absolute Gasteiger partial charge is 0.515 e. The summed E-state index contributed by atoms with van der Waals surface area (Å²) in [5.41, 5.74) is 3.50. The van der Waals surface area contributed by atoms with E-state index < -0.39 is 36.2 Å². The van der Waals surface area contributed by atoms with Gasteiger partial charge in [0.05, 0.1) is 12.0 Å². The summed E-state index contributed by atoms with van der Waals surface area (Å²) in [6.07, 6.45) is -1.99.